The molecule has 5 rings (SSSR count). The summed E-state index contributed by atoms with van der Waals surface area (Å²) in [6, 6.07) is 20.0. The van der Waals surface area contributed by atoms with Crippen LogP contribution in [0.3, 0.4) is 0 Å². The average Bonchev–Trinajstić information content (AvgIpc) is 3.30. The second-order valence-corrected chi connectivity index (χ2v) is 9.84. The maximum absolute atomic E-state index is 13.7. The molecule has 1 saturated heterocycles. The number of nitrogens with zero attached hydrogens (tertiary/aromatic N) is 1. The van der Waals surface area contributed by atoms with E-state index in [2.05, 4.69) is 18.7 Å². The number of rotatable bonds is 6. The molecule has 2 heterocycles. The first kappa shape index (κ1) is 23.4. The molecule has 0 amide bonds. The Morgan fingerprint density at radius 2 is 1.83 bits per heavy atom. The number of hydrogen-bond donors (Lipinski definition) is 1. The van der Waals surface area contributed by atoms with Gasteiger partial charge in [0.1, 0.15) is 35.8 Å². The Hall–Kier alpha value is -3.31. The van der Waals surface area contributed by atoms with Crippen molar-refractivity contribution >= 4 is 11.1 Å². The van der Waals surface area contributed by atoms with Gasteiger partial charge in [0.05, 0.1) is 0 Å². The largest absolute Gasteiger partial charge is 0.508 e. The highest BCUT2D eigenvalue weighted by molar-refractivity contribution is 5.95. The lowest BCUT2D eigenvalue weighted by atomic mass is 9.86. The summed E-state index contributed by atoms with van der Waals surface area (Å²) in [6.07, 6.45) is 0.892. The molecule has 1 N–H and O–H groups in total. The van der Waals surface area contributed by atoms with Gasteiger partial charge in [-0.3, -0.25) is 4.90 Å². The zero-order valence-corrected chi connectivity index (χ0v) is 20.5. The third kappa shape index (κ3) is 4.92. The van der Waals surface area contributed by atoms with Gasteiger partial charge in [-0.2, -0.15) is 0 Å². The lowest BCUT2D eigenvalue weighted by molar-refractivity contribution is 0.169. The van der Waals surface area contributed by atoms with Crippen molar-refractivity contribution < 1.29 is 19.0 Å². The van der Waals surface area contributed by atoms with Gasteiger partial charge >= 0.3 is 0 Å². The maximum Gasteiger partial charge on any atom is 0.150 e. The molecule has 182 valence electrons. The van der Waals surface area contributed by atoms with Crippen molar-refractivity contribution in [3.63, 3.8) is 0 Å². The lowest BCUT2D eigenvalue weighted by Gasteiger charge is -2.31. The van der Waals surface area contributed by atoms with Crippen molar-refractivity contribution in [3.8, 4) is 17.2 Å². The Kier molecular flexibility index (Phi) is 6.52. The number of phenols is 1. The SMILES string of the molecule is CC1=C(c2ccc(F)cc2)[C@@H](c2ccc(OCC(C)N3CCC(C)C3)cc2)Oc2ccc(O)cc21. The van der Waals surface area contributed by atoms with Crippen LogP contribution in [0.25, 0.3) is 11.1 Å². The highest BCUT2D eigenvalue weighted by Crippen LogP contribution is 2.47. The van der Waals surface area contributed by atoms with Gasteiger partial charge < -0.3 is 14.6 Å². The molecular formula is C30H32FNO3. The number of hydrogen-bond acceptors (Lipinski definition) is 4. The molecule has 35 heavy (non-hydrogen) atoms. The van der Waals surface area contributed by atoms with Crippen LogP contribution in [0.1, 0.15) is 50.0 Å². The number of likely N-dealkylation sites (tertiary alicyclic amines) is 1. The van der Waals surface area contributed by atoms with Gasteiger partial charge in [-0.25, -0.2) is 4.39 Å². The summed E-state index contributed by atoms with van der Waals surface area (Å²) in [4.78, 5) is 2.49. The minimum absolute atomic E-state index is 0.183. The molecule has 0 bridgehead atoms. The molecule has 3 aromatic rings. The normalized spacial score (nSPS) is 20.9. The van der Waals surface area contributed by atoms with Gasteiger partial charge in [-0.15, -0.1) is 0 Å². The summed E-state index contributed by atoms with van der Waals surface area (Å²) in [5.41, 5.74) is 4.65. The summed E-state index contributed by atoms with van der Waals surface area (Å²) in [6.45, 7) is 9.48. The van der Waals surface area contributed by atoms with Crippen molar-refractivity contribution in [1.29, 1.82) is 0 Å². The van der Waals surface area contributed by atoms with E-state index in [9.17, 15) is 9.50 Å². The van der Waals surface area contributed by atoms with Crippen LogP contribution in [-0.4, -0.2) is 35.7 Å². The number of benzene rings is 3. The molecule has 2 aliphatic rings. The Balaban J connectivity index is 1.40. The van der Waals surface area contributed by atoms with Crippen LogP contribution in [0.5, 0.6) is 17.2 Å². The van der Waals surface area contributed by atoms with E-state index < -0.39 is 0 Å². The van der Waals surface area contributed by atoms with E-state index in [-0.39, 0.29) is 17.7 Å². The predicted molar refractivity (Wildman–Crippen MR) is 137 cm³/mol. The van der Waals surface area contributed by atoms with Crippen LogP contribution in [0.2, 0.25) is 0 Å². The molecule has 5 heteroatoms. The fourth-order valence-electron chi connectivity index (χ4n) is 5.10. The van der Waals surface area contributed by atoms with Crippen LogP contribution < -0.4 is 9.47 Å². The fraction of sp³-hybridized carbons (Fsp3) is 0.333. The van der Waals surface area contributed by atoms with Gasteiger partial charge in [0.2, 0.25) is 0 Å². The standard InChI is InChI=1S/C30H32FNO3/c1-19-14-15-32(17-19)20(2)18-34-26-11-6-23(7-12-26)30-29(22-4-8-24(31)9-5-22)21(3)27-16-25(33)10-13-28(27)35-30/h4-13,16,19-20,30,33H,14-15,17-18H2,1-3H3/t19?,20?,30-/m1/s1. The molecule has 0 aromatic heterocycles. The van der Waals surface area contributed by atoms with Crippen LogP contribution in [-0.2, 0) is 0 Å². The van der Waals surface area contributed by atoms with E-state index in [4.69, 9.17) is 9.47 Å². The molecule has 0 aliphatic carbocycles. The summed E-state index contributed by atoms with van der Waals surface area (Å²) in [5, 5.41) is 10.0. The molecule has 0 saturated carbocycles. The van der Waals surface area contributed by atoms with Crippen LogP contribution in [0.15, 0.2) is 66.7 Å². The number of aromatic hydroxyl groups is 1. The van der Waals surface area contributed by atoms with E-state index in [1.807, 2.05) is 31.2 Å². The zero-order chi connectivity index (χ0) is 24.5. The number of fused-ring (bicyclic) bond motifs is 1. The highest BCUT2D eigenvalue weighted by atomic mass is 19.1. The number of allylic oxidation sites excluding steroid dienone is 1. The second-order valence-electron chi connectivity index (χ2n) is 9.84. The van der Waals surface area contributed by atoms with Crippen molar-refractivity contribution in [2.45, 2.75) is 39.3 Å². The summed E-state index contributed by atoms with van der Waals surface area (Å²) < 4.78 is 26.2. The van der Waals surface area contributed by atoms with E-state index >= 15 is 0 Å². The van der Waals surface area contributed by atoms with Crippen LogP contribution in [0.4, 0.5) is 4.39 Å². The summed E-state index contributed by atoms with van der Waals surface area (Å²) in [7, 11) is 0. The van der Waals surface area contributed by atoms with Gasteiger partial charge in [0.25, 0.3) is 0 Å². The van der Waals surface area contributed by atoms with Crippen molar-refractivity contribution in [2.24, 2.45) is 5.92 Å². The fourth-order valence-corrected chi connectivity index (χ4v) is 5.10. The molecule has 0 radical (unpaired) electrons. The third-order valence-electron chi connectivity index (χ3n) is 7.19. The van der Waals surface area contributed by atoms with E-state index in [1.54, 1.807) is 30.3 Å². The highest BCUT2D eigenvalue weighted by Gasteiger charge is 2.30. The van der Waals surface area contributed by atoms with Crippen LogP contribution in [0, 0.1) is 11.7 Å². The van der Waals surface area contributed by atoms with Gasteiger partial charge in [-0.05, 0) is 91.9 Å². The zero-order valence-electron chi connectivity index (χ0n) is 20.5. The average molecular weight is 474 g/mol. The predicted octanol–water partition coefficient (Wildman–Crippen LogP) is 6.70. The molecule has 2 unspecified atom stereocenters. The molecule has 1 fully saturated rings. The summed E-state index contributed by atoms with van der Waals surface area (Å²) in [5.74, 6) is 2.21. The number of phenolic OH excluding ortho intramolecular Hbond substituents is 1. The van der Waals surface area contributed by atoms with Gasteiger partial charge in [0.15, 0.2) is 0 Å². The number of ether oxygens (including phenoxy) is 2. The van der Waals surface area contributed by atoms with Crippen molar-refractivity contribution in [1.82, 2.24) is 4.90 Å². The van der Waals surface area contributed by atoms with Crippen LogP contribution >= 0.6 is 0 Å². The lowest BCUT2D eigenvalue weighted by Crippen LogP contribution is -2.35. The van der Waals surface area contributed by atoms with E-state index in [1.165, 1.54) is 18.6 Å². The van der Waals surface area contributed by atoms with E-state index in [0.717, 1.165) is 52.6 Å². The van der Waals surface area contributed by atoms with Crippen molar-refractivity contribution in [3.05, 3.63) is 89.2 Å². The molecule has 4 nitrogen and oxygen atoms in total. The Morgan fingerprint density at radius 3 is 2.51 bits per heavy atom. The molecular weight excluding hydrogens is 441 g/mol. The second kappa shape index (κ2) is 9.74. The van der Waals surface area contributed by atoms with Gasteiger partial charge in [-0.1, -0.05) is 31.2 Å². The van der Waals surface area contributed by atoms with Crippen molar-refractivity contribution in [2.75, 3.05) is 19.7 Å². The molecule has 3 atom stereocenters. The molecule has 2 aliphatic heterocycles. The summed E-state index contributed by atoms with van der Waals surface area (Å²) >= 11 is 0. The molecule has 3 aromatic carbocycles. The monoisotopic (exact) mass is 473 g/mol. The first-order valence-electron chi connectivity index (χ1n) is 12.3. The smallest absolute Gasteiger partial charge is 0.150 e. The van der Waals surface area contributed by atoms with Gasteiger partial charge in [0, 0.05) is 23.7 Å². The molecule has 0 spiro atoms. The first-order valence-corrected chi connectivity index (χ1v) is 12.3. The topological polar surface area (TPSA) is 41.9 Å². The Labute approximate surface area is 206 Å². The number of halogens is 1. The third-order valence-corrected chi connectivity index (χ3v) is 7.19. The first-order chi connectivity index (χ1) is 16.9. The van der Waals surface area contributed by atoms with E-state index in [0.29, 0.717) is 18.4 Å². The Morgan fingerprint density at radius 1 is 1.09 bits per heavy atom. The minimum atomic E-state index is -0.364. The quantitative estimate of drug-likeness (QED) is 0.432. The minimum Gasteiger partial charge on any atom is -0.508 e. The Bertz CT molecular complexity index is 1220. The maximum atomic E-state index is 13.7.